The molecule has 0 spiro atoms. The van der Waals surface area contributed by atoms with E-state index in [9.17, 15) is 54.0 Å². The highest BCUT2D eigenvalue weighted by Crippen LogP contribution is 2.32. The van der Waals surface area contributed by atoms with Gasteiger partial charge in [0.25, 0.3) is 17.7 Å². The fourth-order valence-electron chi connectivity index (χ4n) is 7.76. The van der Waals surface area contributed by atoms with Crippen molar-refractivity contribution in [3.63, 3.8) is 0 Å². The zero-order valence-corrected chi connectivity index (χ0v) is 39.2. The van der Waals surface area contributed by atoms with Gasteiger partial charge in [0.2, 0.25) is 18.1 Å². The van der Waals surface area contributed by atoms with Crippen molar-refractivity contribution in [3.8, 4) is 17.0 Å². The van der Waals surface area contributed by atoms with Crippen LogP contribution in [0.25, 0.3) is 11.3 Å². The Balaban J connectivity index is 0.918. The minimum atomic E-state index is -1.98. The number of pyridine rings is 1. The number of ether oxygens (including phenoxy) is 4. The first-order chi connectivity index (χ1) is 35.1. The van der Waals surface area contributed by atoms with Crippen molar-refractivity contribution in [3.05, 3.63) is 96.1 Å². The summed E-state index contributed by atoms with van der Waals surface area (Å²) in [7, 11) is 0. The number of hydrogen-bond donors (Lipinski definition) is 9. The summed E-state index contributed by atoms with van der Waals surface area (Å²) >= 11 is 0. The molecule has 2 aromatic heterocycles. The highest BCUT2D eigenvalue weighted by molar-refractivity contribution is 6.13. The van der Waals surface area contributed by atoms with Crippen LogP contribution in [0.5, 0.6) is 5.75 Å². The quantitative estimate of drug-likeness (QED) is 0.0412. The SMILES string of the molecule is Nc1ncc(-c2ccc(CNC(=O)OCc3ccc(O[C@@H]4O[C@H](C(=O)O)[C@@H](O)[C@H](O)[C@H]4O)c(NC(=O)CCNC(=O)CCCCCN4C(=O)C=CC4=O)c3)cc2)nc1C(=O)Nc1cnccc1N1CCOCC1. The summed E-state index contributed by atoms with van der Waals surface area (Å²) in [6.45, 7) is 2.30. The van der Waals surface area contributed by atoms with E-state index in [1.165, 1.54) is 36.5 Å². The second-order valence-corrected chi connectivity index (χ2v) is 16.9. The Morgan fingerprint density at radius 2 is 1.55 bits per heavy atom. The number of imide groups is 1. The van der Waals surface area contributed by atoms with Crippen LogP contribution < -0.4 is 36.6 Å². The van der Waals surface area contributed by atoms with Gasteiger partial charge in [0.05, 0.1) is 48.4 Å². The van der Waals surface area contributed by atoms with Gasteiger partial charge in [-0.3, -0.25) is 33.9 Å². The lowest BCUT2D eigenvalue weighted by atomic mass is 9.99. The van der Waals surface area contributed by atoms with Gasteiger partial charge in [0, 0.05) is 69.5 Å². The predicted molar refractivity (Wildman–Crippen MR) is 256 cm³/mol. The maximum Gasteiger partial charge on any atom is 0.407 e. The van der Waals surface area contributed by atoms with Gasteiger partial charge in [0.15, 0.2) is 17.6 Å². The minimum absolute atomic E-state index is 0.0451. The van der Waals surface area contributed by atoms with E-state index in [0.717, 1.165) is 10.6 Å². The Hall–Kier alpha value is -8.10. The van der Waals surface area contributed by atoms with Gasteiger partial charge in [-0.25, -0.2) is 19.6 Å². The van der Waals surface area contributed by atoms with E-state index >= 15 is 0 Å². The number of carboxylic acid groups (broad SMARTS) is 1. The molecule has 5 atom stereocenters. The van der Waals surface area contributed by atoms with Crippen LogP contribution in [-0.4, -0.2) is 152 Å². The van der Waals surface area contributed by atoms with Gasteiger partial charge in [-0.05, 0) is 42.2 Å². The third-order valence-electron chi connectivity index (χ3n) is 11.7. The van der Waals surface area contributed by atoms with E-state index in [4.69, 9.17) is 24.7 Å². The lowest BCUT2D eigenvalue weighted by Crippen LogP contribution is -2.61. The second-order valence-electron chi connectivity index (χ2n) is 16.9. The standard InChI is InChI=1S/C48H54N10O15/c49-44-39(45(66)56-32-24-50-15-13-33(32)57-18-20-70-21-19-57)55-31(25-52-44)29-8-5-27(6-9-29)23-53-48(69)71-26-28-7-10-34(72-47-42(65)40(63)41(64)43(73-47)46(67)68)30(22-28)54-36(60)14-16-51-35(59)4-2-1-3-17-58-37(61)11-12-38(58)62/h5-13,15,22,24-25,40-43,47,63-65H,1-4,14,16-21,23,26H2,(H2,49,52)(H,51,59)(H,53,69)(H,54,60)(H,56,66)(H,67,68)/t40-,41-,42+,43-,47+/m0/s1. The molecule has 2 fully saturated rings. The van der Waals surface area contributed by atoms with Gasteiger partial charge in [0.1, 0.15) is 30.7 Å². The van der Waals surface area contributed by atoms with Gasteiger partial charge in [-0.2, -0.15) is 0 Å². The molecular weight excluding hydrogens is 957 g/mol. The van der Waals surface area contributed by atoms with E-state index in [1.807, 2.05) is 0 Å². The minimum Gasteiger partial charge on any atom is -0.479 e. The lowest BCUT2D eigenvalue weighted by molar-refractivity contribution is -0.271. The third-order valence-corrected chi connectivity index (χ3v) is 11.7. The largest absolute Gasteiger partial charge is 0.479 e. The summed E-state index contributed by atoms with van der Waals surface area (Å²) in [5.41, 5.74) is 9.21. The number of aliphatic hydroxyl groups is 3. The number of nitrogens with one attached hydrogen (secondary N) is 4. The molecule has 0 saturated carbocycles. The van der Waals surface area contributed by atoms with Crippen LogP contribution in [0.2, 0.25) is 0 Å². The number of carbonyl (C=O) groups excluding carboxylic acids is 6. The monoisotopic (exact) mass is 1010 g/mol. The zero-order valence-electron chi connectivity index (χ0n) is 39.2. The number of nitrogens with zero attached hydrogens (tertiary/aromatic N) is 5. The third kappa shape index (κ3) is 14.1. The van der Waals surface area contributed by atoms with Crippen LogP contribution in [0.3, 0.4) is 0 Å². The summed E-state index contributed by atoms with van der Waals surface area (Å²) in [5, 5.41) is 51.3. The number of carbonyl (C=O) groups is 7. The molecule has 73 heavy (non-hydrogen) atoms. The highest BCUT2D eigenvalue weighted by Gasteiger charge is 2.48. The van der Waals surface area contributed by atoms with Gasteiger partial charge < -0.3 is 71.3 Å². The van der Waals surface area contributed by atoms with E-state index in [2.05, 4.69) is 41.1 Å². The normalized spacial score (nSPS) is 19.5. The van der Waals surface area contributed by atoms with Crippen LogP contribution in [0.15, 0.2) is 79.3 Å². The number of nitrogen functional groups attached to an aromatic ring is 1. The average Bonchev–Trinajstić information content (AvgIpc) is 3.71. The van der Waals surface area contributed by atoms with Crippen LogP contribution in [0.4, 0.5) is 27.7 Å². The van der Waals surface area contributed by atoms with Gasteiger partial charge >= 0.3 is 12.1 Å². The summed E-state index contributed by atoms with van der Waals surface area (Å²) in [5.74, 6) is -4.13. The van der Waals surface area contributed by atoms with Gasteiger partial charge in [-0.15, -0.1) is 0 Å². The first-order valence-corrected chi connectivity index (χ1v) is 23.2. The van der Waals surface area contributed by atoms with Crippen molar-refractivity contribution in [2.45, 2.75) is 76.0 Å². The number of aromatic nitrogens is 3. The Kier molecular flexibility index (Phi) is 17.9. The van der Waals surface area contributed by atoms with Crippen molar-refractivity contribution in [2.24, 2.45) is 0 Å². The summed E-state index contributed by atoms with van der Waals surface area (Å²) in [6, 6.07) is 12.9. The molecule has 2 saturated heterocycles. The molecular formula is C48H54N10O15. The van der Waals surface area contributed by atoms with Crippen molar-refractivity contribution in [1.29, 1.82) is 0 Å². The van der Waals surface area contributed by atoms with E-state index in [-0.39, 0.29) is 79.8 Å². The van der Waals surface area contributed by atoms with Gasteiger partial charge in [-0.1, -0.05) is 36.8 Å². The molecule has 0 unspecified atom stereocenters. The van der Waals surface area contributed by atoms with Crippen molar-refractivity contribution < 1.29 is 72.9 Å². The van der Waals surface area contributed by atoms with Crippen LogP contribution in [0, 0.1) is 0 Å². The molecule has 7 rings (SSSR count). The molecule has 4 aromatic rings. The molecule has 5 heterocycles. The molecule has 25 heteroatoms. The van der Waals surface area contributed by atoms with Crippen molar-refractivity contribution in [2.75, 3.05) is 60.7 Å². The second kappa shape index (κ2) is 24.8. The molecule has 6 amide bonds. The Morgan fingerprint density at radius 1 is 0.808 bits per heavy atom. The van der Waals surface area contributed by atoms with Crippen LogP contribution >= 0.6 is 0 Å². The average molecular weight is 1010 g/mol. The lowest BCUT2D eigenvalue weighted by Gasteiger charge is -2.38. The first kappa shape index (κ1) is 52.7. The summed E-state index contributed by atoms with van der Waals surface area (Å²) in [6.07, 6.45) is -1.95. The number of hydrogen-bond acceptors (Lipinski definition) is 19. The summed E-state index contributed by atoms with van der Waals surface area (Å²) < 4.78 is 21.9. The topological polar surface area (TPSA) is 357 Å². The molecule has 25 nitrogen and oxygen atoms in total. The molecule has 386 valence electrons. The number of alkyl carbamates (subject to hydrolysis) is 1. The fourth-order valence-corrected chi connectivity index (χ4v) is 7.76. The first-order valence-electron chi connectivity index (χ1n) is 23.2. The molecule has 0 aliphatic carbocycles. The number of amides is 6. The van der Waals surface area contributed by atoms with E-state index in [1.54, 1.807) is 42.7 Å². The number of benzene rings is 2. The fraction of sp³-hybridized carbons (Fsp3) is 0.375. The maximum absolute atomic E-state index is 13.4. The van der Waals surface area contributed by atoms with Crippen molar-refractivity contribution in [1.82, 2.24) is 30.5 Å². The Bertz CT molecular complexity index is 2680. The smallest absolute Gasteiger partial charge is 0.407 e. The van der Waals surface area contributed by atoms with Crippen molar-refractivity contribution >= 4 is 64.5 Å². The number of aliphatic carboxylic acids is 1. The number of anilines is 4. The van der Waals surface area contributed by atoms with Crippen LogP contribution in [-0.2, 0) is 51.3 Å². The van der Waals surface area contributed by atoms with E-state index in [0.29, 0.717) is 73.6 Å². The number of nitrogens with two attached hydrogens (primary N) is 1. The zero-order chi connectivity index (χ0) is 52.0. The molecule has 0 bridgehead atoms. The highest BCUT2D eigenvalue weighted by atomic mass is 16.7. The van der Waals surface area contributed by atoms with E-state index < -0.39 is 54.6 Å². The number of aliphatic hydroxyl groups excluding tert-OH is 3. The molecule has 2 aromatic carbocycles. The Morgan fingerprint density at radius 3 is 2.29 bits per heavy atom. The number of rotatable bonds is 21. The molecule has 3 aliphatic rings. The molecule has 3 aliphatic heterocycles. The number of unbranched alkanes of at least 4 members (excludes halogenated alkanes) is 2. The molecule has 0 radical (unpaired) electrons. The van der Waals surface area contributed by atoms with Crippen LogP contribution in [0.1, 0.15) is 53.7 Å². The maximum atomic E-state index is 13.4. The predicted octanol–water partition coefficient (Wildman–Crippen LogP) is 0.837. The number of morpholine rings is 1. The molecule has 10 N–H and O–H groups in total. The Labute approximate surface area is 416 Å². The number of carboxylic acids is 1. The summed E-state index contributed by atoms with van der Waals surface area (Å²) in [4.78, 5) is 103.